The Hall–Kier alpha value is -2.63. The van der Waals surface area contributed by atoms with Crippen LogP contribution >= 0.6 is 0 Å². The molecule has 6 nitrogen and oxygen atoms in total. The van der Waals surface area contributed by atoms with Crippen LogP contribution in [0.4, 0.5) is 0 Å². The quantitative estimate of drug-likeness (QED) is 0.905. The van der Waals surface area contributed by atoms with Crippen LogP contribution in [0, 0.1) is 25.7 Å². The number of aryl methyl sites for hydroxylation is 2. The van der Waals surface area contributed by atoms with E-state index in [-0.39, 0.29) is 18.4 Å². The third kappa shape index (κ3) is 2.93. The Morgan fingerprint density at radius 3 is 2.63 bits per heavy atom. The lowest BCUT2D eigenvalue weighted by Crippen LogP contribution is -2.31. The van der Waals surface area contributed by atoms with Crippen molar-refractivity contribution in [2.24, 2.45) is 11.8 Å². The molecule has 2 heterocycles. The van der Waals surface area contributed by atoms with Gasteiger partial charge in [-0.15, -0.1) is 0 Å². The molecule has 0 spiro atoms. The number of carboxylic acid groups (broad SMARTS) is 1. The van der Waals surface area contributed by atoms with Gasteiger partial charge in [0.1, 0.15) is 0 Å². The standard InChI is InChI=1S/C21H25N3O3/c1-12-7-8-17(13(2)9-12)24-18-6-4-5-15(18)19(22-24)20(25)23-10-14(3)16(11-23)21(26)27/h7-9,14,16H,4-6,10-11H2,1-3H3,(H,26,27)/t14-,16-/m1/s1. The molecule has 142 valence electrons. The molecule has 1 amide bonds. The second kappa shape index (κ2) is 6.51. The Labute approximate surface area is 158 Å². The molecule has 2 aromatic rings. The van der Waals surface area contributed by atoms with E-state index in [1.54, 1.807) is 4.90 Å². The fourth-order valence-corrected chi connectivity index (χ4v) is 4.46. The van der Waals surface area contributed by atoms with E-state index in [4.69, 9.17) is 5.10 Å². The molecule has 27 heavy (non-hydrogen) atoms. The molecule has 2 aliphatic rings. The molecule has 1 saturated heterocycles. The lowest BCUT2D eigenvalue weighted by Gasteiger charge is -2.15. The number of hydrogen-bond donors (Lipinski definition) is 1. The topological polar surface area (TPSA) is 75.4 Å². The average Bonchev–Trinajstić information content (AvgIpc) is 3.29. The first-order valence-electron chi connectivity index (χ1n) is 9.57. The predicted molar refractivity (Wildman–Crippen MR) is 101 cm³/mol. The van der Waals surface area contributed by atoms with Crippen LogP contribution in [-0.2, 0) is 17.6 Å². The predicted octanol–water partition coefficient (Wildman–Crippen LogP) is 2.77. The molecule has 4 rings (SSSR count). The lowest BCUT2D eigenvalue weighted by atomic mass is 9.99. The van der Waals surface area contributed by atoms with Gasteiger partial charge in [-0.2, -0.15) is 5.10 Å². The van der Waals surface area contributed by atoms with E-state index in [2.05, 4.69) is 32.0 Å². The van der Waals surface area contributed by atoms with Crippen molar-refractivity contribution in [3.63, 3.8) is 0 Å². The van der Waals surface area contributed by atoms with E-state index in [1.165, 1.54) is 5.56 Å². The molecule has 1 N–H and O–H groups in total. The Morgan fingerprint density at radius 1 is 1.19 bits per heavy atom. The largest absolute Gasteiger partial charge is 0.481 e. The van der Waals surface area contributed by atoms with E-state index in [0.29, 0.717) is 12.2 Å². The zero-order valence-corrected chi connectivity index (χ0v) is 16.0. The third-order valence-corrected chi connectivity index (χ3v) is 5.93. The number of nitrogens with zero attached hydrogens (tertiary/aromatic N) is 3. The van der Waals surface area contributed by atoms with Crippen LogP contribution < -0.4 is 0 Å². The lowest BCUT2D eigenvalue weighted by molar-refractivity contribution is -0.142. The Morgan fingerprint density at radius 2 is 1.96 bits per heavy atom. The van der Waals surface area contributed by atoms with E-state index in [9.17, 15) is 14.7 Å². The van der Waals surface area contributed by atoms with E-state index in [0.717, 1.165) is 41.8 Å². The van der Waals surface area contributed by atoms with Gasteiger partial charge in [-0.1, -0.05) is 24.6 Å². The van der Waals surface area contributed by atoms with Crippen LogP contribution in [0.3, 0.4) is 0 Å². The minimum Gasteiger partial charge on any atom is -0.481 e. The van der Waals surface area contributed by atoms with Crippen molar-refractivity contribution in [2.75, 3.05) is 13.1 Å². The molecule has 1 aromatic heterocycles. The van der Waals surface area contributed by atoms with Crippen LogP contribution in [0.1, 0.15) is 46.2 Å². The molecule has 0 bridgehead atoms. The smallest absolute Gasteiger partial charge is 0.308 e. The van der Waals surface area contributed by atoms with Gasteiger partial charge >= 0.3 is 5.97 Å². The van der Waals surface area contributed by atoms with Crippen molar-refractivity contribution in [3.8, 4) is 5.69 Å². The number of amides is 1. The summed E-state index contributed by atoms with van der Waals surface area (Å²) in [6.07, 6.45) is 2.79. The van der Waals surface area contributed by atoms with Crippen LogP contribution in [0.2, 0.25) is 0 Å². The highest BCUT2D eigenvalue weighted by Crippen LogP contribution is 2.31. The molecular weight excluding hydrogens is 342 g/mol. The molecule has 1 fully saturated rings. The SMILES string of the molecule is Cc1ccc(-n2nc(C(=O)N3C[C@@H](C)[C@H](C(=O)O)C3)c3c2CCC3)c(C)c1. The van der Waals surface area contributed by atoms with Crippen molar-refractivity contribution in [1.29, 1.82) is 0 Å². The van der Waals surface area contributed by atoms with Gasteiger partial charge < -0.3 is 10.0 Å². The highest BCUT2D eigenvalue weighted by atomic mass is 16.4. The fraction of sp³-hybridized carbons (Fsp3) is 0.476. The summed E-state index contributed by atoms with van der Waals surface area (Å²) in [5, 5.41) is 14.1. The summed E-state index contributed by atoms with van der Waals surface area (Å²) < 4.78 is 1.93. The van der Waals surface area contributed by atoms with Gasteiger partial charge in [0.2, 0.25) is 0 Å². The maximum Gasteiger partial charge on any atom is 0.308 e. The van der Waals surface area contributed by atoms with E-state index in [1.807, 2.05) is 11.6 Å². The molecule has 1 aliphatic heterocycles. The second-order valence-electron chi connectivity index (χ2n) is 7.96. The van der Waals surface area contributed by atoms with Gasteiger partial charge in [0, 0.05) is 24.3 Å². The summed E-state index contributed by atoms with van der Waals surface area (Å²) >= 11 is 0. The first-order valence-corrected chi connectivity index (χ1v) is 9.57. The first kappa shape index (κ1) is 17.8. The molecule has 1 aliphatic carbocycles. The van der Waals surface area contributed by atoms with Crippen molar-refractivity contribution < 1.29 is 14.7 Å². The maximum absolute atomic E-state index is 13.2. The Balaban J connectivity index is 1.71. The minimum absolute atomic E-state index is 0.0408. The fourth-order valence-electron chi connectivity index (χ4n) is 4.46. The Kier molecular flexibility index (Phi) is 4.29. The van der Waals surface area contributed by atoms with Gasteiger partial charge in [-0.25, -0.2) is 4.68 Å². The van der Waals surface area contributed by atoms with Crippen molar-refractivity contribution in [1.82, 2.24) is 14.7 Å². The van der Waals surface area contributed by atoms with Gasteiger partial charge in [0.05, 0.1) is 11.6 Å². The van der Waals surface area contributed by atoms with Gasteiger partial charge in [-0.05, 0) is 50.7 Å². The second-order valence-corrected chi connectivity index (χ2v) is 7.96. The maximum atomic E-state index is 13.2. The van der Waals surface area contributed by atoms with Crippen LogP contribution in [0.5, 0.6) is 0 Å². The molecule has 0 radical (unpaired) electrons. The number of carbonyl (C=O) groups is 2. The number of benzene rings is 1. The van der Waals surface area contributed by atoms with Gasteiger partial charge in [0.25, 0.3) is 5.91 Å². The molecular formula is C21H25N3O3. The zero-order chi connectivity index (χ0) is 19.3. The first-order chi connectivity index (χ1) is 12.9. The van der Waals surface area contributed by atoms with Crippen molar-refractivity contribution in [2.45, 2.75) is 40.0 Å². The van der Waals surface area contributed by atoms with Crippen LogP contribution in [0.15, 0.2) is 18.2 Å². The summed E-state index contributed by atoms with van der Waals surface area (Å²) in [5.41, 5.74) is 5.99. The van der Waals surface area contributed by atoms with Crippen LogP contribution in [0.25, 0.3) is 5.69 Å². The van der Waals surface area contributed by atoms with E-state index >= 15 is 0 Å². The third-order valence-electron chi connectivity index (χ3n) is 5.93. The molecule has 0 saturated carbocycles. The van der Waals surface area contributed by atoms with Crippen molar-refractivity contribution in [3.05, 3.63) is 46.3 Å². The number of carboxylic acids is 1. The number of aliphatic carboxylic acids is 1. The number of hydrogen-bond acceptors (Lipinski definition) is 3. The summed E-state index contributed by atoms with van der Waals surface area (Å²) in [4.78, 5) is 26.2. The monoisotopic (exact) mass is 367 g/mol. The zero-order valence-electron chi connectivity index (χ0n) is 16.0. The Bertz CT molecular complexity index is 931. The summed E-state index contributed by atoms with van der Waals surface area (Å²) in [6.45, 7) is 6.76. The van der Waals surface area contributed by atoms with Crippen molar-refractivity contribution >= 4 is 11.9 Å². The molecule has 2 atom stereocenters. The summed E-state index contributed by atoms with van der Waals surface area (Å²) in [7, 11) is 0. The molecule has 1 aromatic carbocycles. The number of fused-ring (bicyclic) bond motifs is 1. The average molecular weight is 367 g/mol. The van der Waals surface area contributed by atoms with Crippen LogP contribution in [-0.4, -0.2) is 44.8 Å². The highest BCUT2D eigenvalue weighted by Gasteiger charge is 2.39. The molecule has 6 heteroatoms. The molecule has 0 unspecified atom stereocenters. The number of rotatable bonds is 3. The highest BCUT2D eigenvalue weighted by molar-refractivity contribution is 5.95. The normalized spacial score (nSPS) is 21.5. The number of likely N-dealkylation sites (tertiary alicyclic amines) is 1. The van der Waals surface area contributed by atoms with E-state index < -0.39 is 11.9 Å². The summed E-state index contributed by atoms with van der Waals surface area (Å²) in [6, 6.07) is 6.24. The number of aromatic nitrogens is 2. The van der Waals surface area contributed by atoms with Gasteiger partial charge in [0.15, 0.2) is 5.69 Å². The minimum atomic E-state index is -0.830. The summed E-state index contributed by atoms with van der Waals surface area (Å²) in [5.74, 6) is -1.50. The van der Waals surface area contributed by atoms with Gasteiger partial charge in [-0.3, -0.25) is 9.59 Å². The number of carbonyl (C=O) groups excluding carboxylic acids is 1.